The first kappa shape index (κ1) is 32.1. The monoisotopic (exact) mass is 743 g/mol. The van der Waals surface area contributed by atoms with Gasteiger partial charge in [0.25, 0.3) is 0 Å². The second kappa shape index (κ2) is 12.7. The van der Waals surface area contributed by atoms with Crippen molar-refractivity contribution in [2.45, 2.75) is 0 Å². The number of anilines is 3. The van der Waals surface area contributed by atoms with Crippen molar-refractivity contribution in [3.8, 4) is 22.3 Å². The lowest BCUT2D eigenvalue weighted by molar-refractivity contribution is 0.672. The summed E-state index contributed by atoms with van der Waals surface area (Å²) in [6.07, 6.45) is 0. The van der Waals surface area contributed by atoms with E-state index in [-0.39, 0.29) is 0 Å². The molecule has 0 aliphatic rings. The highest BCUT2D eigenvalue weighted by atomic mass is 32.1. The number of furan rings is 1. The molecule has 57 heavy (non-hydrogen) atoms. The molecule has 2 nitrogen and oxygen atoms in total. The van der Waals surface area contributed by atoms with Crippen LogP contribution in [0.5, 0.6) is 0 Å². The summed E-state index contributed by atoms with van der Waals surface area (Å²) in [4.78, 5) is 2.41. The van der Waals surface area contributed by atoms with Gasteiger partial charge in [0.15, 0.2) is 0 Å². The molecular weight excluding hydrogens is 711 g/mol. The second-order valence-electron chi connectivity index (χ2n) is 14.8. The molecule has 0 amide bonds. The third-order valence-corrected chi connectivity index (χ3v) is 12.9. The van der Waals surface area contributed by atoms with Crippen LogP contribution in [0, 0.1) is 0 Å². The van der Waals surface area contributed by atoms with E-state index in [0.717, 1.165) is 44.4 Å². The third kappa shape index (κ3) is 5.03. The van der Waals surface area contributed by atoms with Crippen LogP contribution in [0.3, 0.4) is 0 Å². The Hall–Kier alpha value is -7.20. The first-order valence-electron chi connectivity index (χ1n) is 19.4. The molecule has 0 aliphatic heterocycles. The average Bonchev–Trinajstić information content (AvgIpc) is 3.86. The zero-order valence-electron chi connectivity index (χ0n) is 30.8. The maximum atomic E-state index is 6.73. The molecule has 12 aromatic rings. The van der Waals surface area contributed by atoms with Crippen LogP contribution in [0.2, 0.25) is 0 Å². The van der Waals surface area contributed by atoms with Crippen LogP contribution < -0.4 is 4.90 Å². The molecule has 12 rings (SSSR count). The highest BCUT2D eigenvalue weighted by Crippen LogP contribution is 2.47. The van der Waals surface area contributed by atoms with E-state index in [2.05, 4.69) is 205 Å². The molecule has 2 aromatic heterocycles. The molecule has 0 spiro atoms. The van der Waals surface area contributed by atoms with Gasteiger partial charge in [-0.1, -0.05) is 146 Å². The van der Waals surface area contributed by atoms with Gasteiger partial charge in [-0.05, 0) is 104 Å². The first-order valence-corrected chi connectivity index (χ1v) is 20.2. The van der Waals surface area contributed by atoms with Crippen molar-refractivity contribution in [1.82, 2.24) is 0 Å². The van der Waals surface area contributed by atoms with Crippen molar-refractivity contribution >= 4 is 103 Å². The molecule has 0 N–H and O–H groups in total. The van der Waals surface area contributed by atoms with E-state index < -0.39 is 0 Å². The van der Waals surface area contributed by atoms with E-state index in [1.165, 1.54) is 69.4 Å². The van der Waals surface area contributed by atoms with Gasteiger partial charge < -0.3 is 9.32 Å². The third-order valence-electron chi connectivity index (χ3n) is 11.6. The summed E-state index contributed by atoms with van der Waals surface area (Å²) >= 11 is 1.87. The molecule has 0 aliphatic carbocycles. The topological polar surface area (TPSA) is 16.4 Å². The van der Waals surface area contributed by atoms with Crippen molar-refractivity contribution in [3.05, 3.63) is 200 Å². The fourth-order valence-electron chi connectivity index (χ4n) is 9.02. The zero-order chi connectivity index (χ0) is 37.5. The van der Waals surface area contributed by atoms with Gasteiger partial charge in [0.2, 0.25) is 0 Å². The standard InChI is InChI=1S/C54H33NOS/c1-4-17-41-34(12-1)28-31-47-52-49(23-11-24-50(52)56-53(41)47)55(39-15-9-14-36(32-39)42-21-10-22-46-45-20-7-8-25-51(45)57-54(42)46)38-29-26-35(27-30-38)48-33-37-13-2-3-16-40(37)43-18-5-6-19-44(43)48/h1-33H. The summed E-state index contributed by atoms with van der Waals surface area (Å²) in [6.45, 7) is 0. The molecule has 0 radical (unpaired) electrons. The van der Waals surface area contributed by atoms with Crippen molar-refractivity contribution in [3.63, 3.8) is 0 Å². The Morgan fingerprint density at radius 1 is 0.386 bits per heavy atom. The quantitative estimate of drug-likeness (QED) is 0.163. The molecule has 0 unspecified atom stereocenters. The predicted octanol–water partition coefficient (Wildman–Crippen LogP) is 16.2. The van der Waals surface area contributed by atoms with Crippen molar-refractivity contribution in [1.29, 1.82) is 0 Å². The smallest absolute Gasteiger partial charge is 0.143 e. The lowest BCUT2D eigenvalue weighted by atomic mass is 9.93. The fourth-order valence-corrected chi connectivity index (χ4v) is 10.3. The SMILES string of the molecule is c1cc(-c2cccc3c2sc2ccccc23)cc(N(c2ccc(-c3cc4ccccc4c4ccccc34)cc2)c2cccc3oc4c5ccccc5ccc4c23)c1. The van der Waals surface area contributed by atoms with Crippen LogP contribution in [-0.4, -0.2) is 0 Å². The summed E-state index contributed by atoms with van der Waals surface area (Å²) in [7, 11) is 0. The van der Waals surface area contributed by atoms with Gasteiger partial charge in [0, 0.05) is 42.3 Å². The minimum atomic E-state index is 0.870. The number of benzene rings is 10. The van der Waals surface area contributed by atoms with Crippen molar-refractivity contribution < 1.29 is 4.42 Å². The molecule has 3 heteroatoms. The molecule has 0 fully saturated rings. The molecular formula is C54H33NOS. The molecule has 0 bridgehead atoms. The van der Waals surface area contributed by atoms with Crippen LogP contribution >= 0.6 is 11.3 Å². The normalized spacial score (nSPS) is 11.9. The number of thiophene rings is 1. The zero-order valence-corrected chi connectivity index (χ0v) is 31.6. The van der Waals surface area contributed by atoms with E-state index in [1.54, 1.807) is 0 Å². The highest BCUT2D eigenvalue weighted by molar-refractivity contribution is 7.26. The van der Waals surface area contributed by atoms with Gasteiger partial charge >= 0.3 is 0 Å². The van der Waals surface area contributed by atoms with Crippen LogP contribution in [-0.2, 0) is 0 Å². The number of nitrogens with zero attached hydrogens (tertiary/aromatic N) is 1. The Morgan fingerprint density at radius 3 is 1.96 bits per heavy atom. The maximum Gasteiger partial charge on any atom is 0.143 e. The molecule has 0 saturated heterocycles. The van der Waals surface area contributed by atoms with Gasteiger partial charge in [-0.25, -0.2) is 0 Å². The minimum absolute atomic E-state index is 0.870. The summed E-state index contributed by atoms with van der Waals surface area (Å²) in [6, 6.07) is 72.7. The Kier molecular flexibility index (Phi) is 7.13. The van der Waals surface area contributed by atoms with Gasteiger partial charge in [-0.15, -0.1) is 11.3 Å². The Balaban J connectivity index is 1.07. The first-order chi connectivity index (χ1) is 28.3. The summed E-state index contributed by atoms with van der Waals surface area (Å²) in [5.74, 6) is 0. The lowest BCUT2D eigenvalue weighted by Crippen LogP contribution is -2.10. The van der Waals surface area contributed by atoms with E-state index in [1.807, 2.05) is 11.3 Å². The summed E-state index contributed by atoms with van der Waals surface area (Å²) in [5.41, 5.74) is 9.86. The Morgan fingerprint density at radius 2 is 1.09 bits per heavy atom. The molecule has 0 atom stereocenters. The van der Waals surface area contributed by atoms with Crippen molar-refractivity contribution in [2.75, 3.05) is 4.90 Å². The second-order valence-corrected chi connectivity index (χ2v) is 15.9. The summed E-state index contributed by atoms with van der Waals surface area (Å²) < 4.78 is 9.34. The van der Waals surface area contributed by atoms with Crippen LogP contribution in [0.1, 0.15) is 0 Å². The van der Waals surface area contributed by atoms with Crippen molar-refractivity contribution in [2.24, 2.45) is 0 Å². The number of fused-ring (bicyclic) bond motifs is 11. The Labute approximate surface area is 333 Å². The minimum Gasteiger partial charge on any atom is -0.455 e. The maximum absolute atomic E-state index is 6.73. The van der Waals surface area contributed by atoms with E-state index >= 15 is 0 Å². The van der Waals surface area contributed by atoms with Gasteiger partial charge in [0.1, 0.15) is 11.2 Å². The number of hydrogen-bond donors (Lipinski definition) is 0. The highest BCUT2D eigenvalue weighted by Gasteiger charge is 2.22. The molecule has 10 aromatic carbocycles. The van der Waals surface area contributed by atoms with E-state index in [0.29, 0.717) is 0 Å². The molecule has 0 saturated carbocycles. The van der Waals surface area contributed by atoms with Gasteiger partial charge in [-0.3, -0.25) is 0 Å². The van der Waals surface area contributed by atoms with Crippen LogP contribution in [0.4, 0.5) is 17.1 Å². The van der Waals surface area contributed by atoms with Gasteiger partial charge in [-0.2, -0.15) is 0 Å². The number of rotatable bonds is 5. The van der Waals surface area contributed by atoms with Crippen LogP contribution in [0.25, 0.3) is 96.7 Å². The molecule has 266 valence electrons. The summed E-state index contributed by atoms with van der Waals surface area (Å²) in [5, 5.41) is 12.1. The van der Waals surface area contributed by atoms with E-state index in [9.17, 15) is 0 Å². The average molecular weight is 744 g/mol. The Bertz CT molecular complexity index is 3540. The molecule has 2 heterocycles. The van der Waals surface area contributed by atoms with Gasteiger partial charge in [0.05, 0.1) is 11.1 Å². The van der Waals surface area contributed by atoms with E-state index in [4.69, 9.17) is 4.42 Å². The largest absolute Gasteiger partial charge is 0.455 e. The predicted molar refractivity (Wildman–Crippen MR) is 245 cm³/mol. The number of hydrogen-bond acceptors (Lipinski definition) is 3. The van der Waals surface area contributed by atoms with Crippen LogP contribution in [0.15, 0.2) is 205 Å². The lowest BCUT2D eigenvalue weighted by Gasteiger charge is -2.27. The fraction of sp³-hybridized carbons (Fsp3) is 0.